The highest BCUT2D eigenvalue weighted by Gasteiger charge is 2.20. The van der Waals surface area contributed by atoms with Gasteiger partial charge in [-0.2, -0.15) is 11.8 Å². The summed E-state index contributed by atoms with van der Waals surface area (Å²) in [6.07, 6.45) is 3.06. The first-order valence-corrected chi connectivity index (χ1v) is 5.76. The van der Waals surface area contributed by atoms with Gasteiger partial charge < -0.3 is 11.1 Å². The van der Waals surface area contributed by atoms with Gasteiger partial charge in [-0.05, 0) is 26.5 Å². The summed E-state index contributed by atoms with van der Waals surface area (Å²) in [6, 6.07) is 0. The van der Waals surface area contributed by atoms with Crippen molar-refractivity contribution in [1.82, 2.24) is 5.32 Å². The van der Waals surface area contributed by atoms with Gasteiger partial charge in [0.2, 0.25) is 5.91 Å². The Morgan fingerprint density at radius 2 is 2.15 bits per heavy atom. The number of nitrogens with two attached hydrogens (primary N) is 1. The molecule has 4 heteroatoms. The summed E-state index contributed by atoms with van der Waals surface area (Å²) in [4.78, 5) is 11.3. The Morgan fingerprint density at radius 1 is 1.62 bits per heavy atom. The largest absolute Gasteiger partial charge is 0.354 e. The van der Waals surface area contributed by atoms with Crippen LogP contribution in [0.2, 0.25) is 0 Å². The van der Waals surface area contributed by atoms with Crippen LogP contribution in [0.3, 0.4) is 0 Å². The molecule has 0 aromatic heterocycles. The number of carbonyl (C=O) groups is 1. The average Bonchev–Trinajstić information content (AvgIpc) is 2.02. The maximum atomic E-state index is 11.3. The van der Waals surface area contributed by atoms with Crippen molar-refractivity contribution < 1.29 is 4.79 Å². The average molecular weight is 204 g/mol. The summed E-state index contributed by atoms with van der Waals surface area (Å²) in [6.45, 7) is 6.27. The van der Waals surface area contributed by atoms with E-state index in [4.69, 9.17) is 5.73 Å². The van der Waals surface area contributed by atoms with E-state index in [9.17, 15) is 4.79 Å². The third-order valence-electron chi connectivity index (χ3n) is 1.82. The first-order valence-electron chi connectivity index (χ1n) is 4.48. The zero-order valence-corrected chi connectivity index (χ0v) is 9.70. The topological polar surface area (TPSA) is 55.1 Å². The molecule has 0 rings (SSSR count). The smallest absolute Gasteiger partial charge is 0.239 e. The monoisotopic (exact) mass is 204 g/mol. The van der Waals surface area contributed by atoms with Crippen molar-refractivity contribution in [2.75, 3.05) is 12.8 Å². The maximum Gasteiger partial charge on any atom is 0.239 e. The summed E-state index contributed by atoms with van der Waals surface area (Å²) in [5, 5.41) is 3.39. The quantitative estimate of drug-likeness (QED) is 0.702. The van der Waals surface area contributed by atoms with Gasteiger partial charge in [-0.3, -0.25) is 4.79 Å². The lowest BCUT2D eigenvalue weighted by atomic mass is 10.1. The van der Waals surface area contributed by atoms with Crippen molar-refractivity contribution >= 4 is 17.7 Å². The molecule has 0 heterocycles. The Morgan fingerprint density at radius 3 is 2.54 bits per heavy atom. The molecular formula is C9H20N2OS. The number of hydrogen-bond donors (Lipinski definition) is 2. The maximum absolute atomic E-state index is 11.3. The van der Waals surface area contributed by atoms with E-state index in [0.29, 0.717) is 11.8 Å². The van der Waals surface area contributed by atoms with Crippen LogP contribution in [0.15, 0.2) is 0 Å². The number of amides is 1. The van der Waals surface area contributed by atoms with E-state index in [1.54, 1.807) is 25.6 Å². The fraction of sp³-hybridized carbons (Fsp3) is 0.889. The highest BCUT2D eigenvalue weighted by atomic mass is 32.2. The number of carbonyl (C=O) groups excluding carboxylic acids is 1. The lowest BCUT2D eigenvalue weighted by Gasteiger charge is -2.18. The minimum atomic E-state index is -0.761. The van der Waals surface area contributed by atoms with Gasteiger partial charge in [-0.25, -0.2) is 0 Å². The molecule has 78 valence electrons. The standard InChI is InChI=1S/C9H20N2OS/c1-7(13-4)5-6-11-8(12)9(2,3)10/h7H,5-6,10H2,1-4H3,(H,11,12). The van der Waals surface area contributed by atoms with Gasteiger partial charge in [0.1, 0.15) is 0 Å². The molecule has 0 aromatic carbocycles. The zero-order chi connectivity index (χ0) is 10.5. The SMILES string of the molecule is CSC(C)CCNC(=O)C(C)(C)N. The summed E-state index contributed by atoms with van der Waals surface area (Å²) >= 11 is 1.80. The molecule has 0 aliphatic carbocycles. The van der Waals surface area contributed by atoms with Crippen molar-refractivity contribution in [3.8, 4) is 0 Å². The van der Waals surface area contributed by atoms with Crippen LogP contribution in [0, 0.1) is 0 Å². The fourth-order valence-corrected chi connectivity index (χ4v) is 1.09. The molecule has 1 atom stereocenters. The van der Waals surface area contributed by atoms with Gasteiger partial charge in [-0.1, -0.05) is 6.92 Å². The van der Waals surface area contributed by atoms with E-state index < -0.39 is 5.54 Å². The zero-order valence-electron chi connectivity index (χ0n) is 8.89. The lowest BCUT2D eigenvalue weighted by Crippen LogP contribution is -2.49. The molecule has 0 aliphatic rings. The Balaban J connectivity index is 3.60. The molecule has 0 radical (unpaired) electrons. The molecule has 0 saturated carbocycles. The van der Waals surface area contributed by atoms with Crippen LogP contribution >= 0.6 is 11.8 Å². The van der Waals surface area contributed by atoms with E-state index in [1.165, 1.54) is 0 Å². The Labute approximate surface area is 84.8 Å². The van der Waals surface area contributed by atoms with E-state index in [2.05, 4.69) is 18.5 Å². The molecule has 0 saturated heterocycles. The fourth-order valence-electron chi connectivity index (χ4n) is 0.735. The van der Waals surface area contributed by atoms with Gasteiger partial charge in [0, 0.05) is 11.8 Å². The van der Waals surface area contributed by atoms with Crippen LogP contribution < -0.4 is 11.1 Å². The highest BCUT2D eigenvalue weighted by Crippen LogP contribution is 2.08. The Hall–Kier alpha value is -0.220. The molecular weight excluding hydrogens is 184 g/mol. The molecule has 0 spiro atoms. The first-order chi connectivity index (χ1) is 5.88. The van der Waals surface area contributed by atoms with Crippen LogP contribution in [-0.4, -0.2) is 29.5 Å². The van der Waals surface area contributed by atoms with Gasteiger partial charge in [-0.15, -0.1) is 0 Å². The predicted molar refractivity (Wildman–Crippen MR) is 58.9 cm³/mol. The molecule has 1 amide bonds. The summed E-state index contributed by atoms with van der Waals surface area (Å²) in [7, 11) is 0. The van der Waals surface area contributed by atoms with Crippen LogP contribution in [0.4, 0.5) is 0 Å². The van der Waals surface area contributed by atoms with E-state index in [1.807, 2.05) is 0 Å². The number of hydrogen-bond acceptors (Lipinski definition) is 3. The minimum absolute atomic E-state index is 0.0826. The summed E-state index contributed by atoms with van der Waals surface area (Å²) < 4.78 is 0. The molecule has 0 bridgehead atoms. The van der Waals surface area contributed by atoms with Crippen molar-refractivity contribution in [3.05, 3.63) is 0 Å². The normalized spacial score (nSPS) is 13.9. The van der Waals surface area contributed by atoms with Crippen LogP contribution in [-0.2, 0) is 4.79 Å². The first kappa shape index (κ1) is 12.8. The van der Waals surface area contributed by atoms with Gasteiger partial charge in [0.05, 0.1) is 5.54 Å². The lowest BCUT2D eigenvalue weighted by molar-refractivity contribution is -0.125. The van der Waals surface area contributed by atoms with Crippen molar-refractivity contribution in [2.24, 2.45) is 5.73 Å². The van der Waals surface area contributed by atoms with Crippen LogP contribution in [0.5, 0.6) is 0 Å². The predicted octanol–water partition coefficient (Wildman–Crippen LogP) is 0.981. The Bertz CT molecular complexity index is 165. The molecule has 3 N–H and O–H groups in total. The second-order valence-corrected chi connectivity index (χ2v) is 5.09. The van der Waals surface area contributed by atoms with Gasteiger partial charge >= 0.3 is 0 Å². The Kier molecular flexibility index (Phi) is 5.40. The number of rotatable bonds is 5. The second-order valence-electron chi connectivity index (χ2n) is 3.81. The minimum Gasteiger partial charge on any atom is -0.354 e. The van der Waals surface area contributed by atoms with Crippen molar-refractivity contribution in [2.45, 2.75) is 38.0 Å². The van der Waals surface area contributed by atoms with Gasteiger partial charge in [0.15, 0.2) is 0 Å². The summed E-state index contributed by atoms with van der Waals surface area (Å²) in [5.74, 6) is -0.0826. The number of thioether (sulfide) groups is 1. The van der Waals surface area contributed by atoms with E-state index in [-0.39, 0.29) is 5.91 Å². The molecule has 3 nitrogen and oxygen atoms in total. The molecule has 0 fully saturated rings. The number of nitrogens with one attached hydrogen (secondary N) is 1. The molecule has 0 aromatic rings. The second kappa shape index (κ2) is 5.50. The molecule has 0 aliphatic heterocycles. The van der Waals surface area contributed by atoms with Crippen LogP contribution in [0.1, 0.15) is 27.2 Å². The molecule has 13 heavy (non-hydrogen) atoms. The van der Waals surface area contributed by atoms with Crippen LogP contribution in [0.25, 0.3) is 0 Å². The van der Waals surface area contributed by atoms with Gasteiger partial charge in [0.25, 0.3) is 0 Å². The molecule has 1 unspecified atom stereocenters. The van der Waals surface area contributed by atoms with E-state index >= 15 is 0 Å². The summed E-state index contributed by atoms with van der Waals surface area (Å²) in [5.41, 5.74) is 4.85. The third-order valence-corrected chi connectivity index (χ3v) is 2.86. The van der Waals surface area contributed by atoms with E-state index in [0.717, 1.165) is 6.42 Å². The highest BCUT2D eigenvalue weighted by molar-refractivity contribution is 7.99. The van der Waals surface area contributed by atoms with Crippen molar-refractivity contribution in [1.29, 1.82) is 0 Å². The van der Waals surface area contributed by atoms with Crippen molar-refractivity contribution in [3.63, 3.8) is 0 Å². The third kappa shape index (κ3) is 5.93.